The van der Waals surface area contributed by atoms with Gasteiger partial charge in [-0.15, -0.1) is 0 Å². The minimum absolute atomic E-state index is 0.0402. The third-order valence-electron chi connectivity index (χ3n) is 6.72. The van der Waals surface area contributed by atoms with E-state index in [1.54, 1.807) is 0 Å². The highest BCUT2D eigenvalue weighted by Crippen LogP contribution is 2.34. The third-order valence-corrected chi connectivity index (χ3v) is 6.72. The van der Waals surface area contributed by atoms with Crippen molar-refractivity contribution in [2.45, 2.75) is 89.5 Å². The van der Waals surface area contributed by atoms with Gasteiger partial charge in [0, 0.05) is 32.6 Å². The van der Waals surface area contributed by atoms with Crippen molar-refractivity contribution in [3.63, 3.8) is 0 Å². The Labute approximate surface area is 153 Å². The highest BCUT2D eigenvalue weighted by Gasteiger charge is 2.40. The molecule has 2 amide bonds. The molecule has 3 fully saturated rings. The molecule has 0 spiro atoms. The minimum Gasteiger partial charge on any atom is -0.345 e. The van der Waals surface area contributed by atoms with Crippen LogP contribution in [0.3, 0.4) is 0 Å². The molecule has 2 saturated carbocycles. The quantitative estimate of drug-likeness (QED) is 0.757. The van der Waals surface area contributed by atoms with Crippen molar-refractivity contribution in [3.8, 4) is 0 Å². The molecule has 2 unspecified atom stereocenters. The molecule has 4 nitrogen and oxygen atoms in total. The molecular weight excluding hydrogens is 312 g/mol. The Balaban J connectivity index is 1.71. The van der Waals surface area contributed by atoms with Crippen LogP contribution in [0.2, 0.25) is 0 Å². The number of rotatable bonds is 2. The predicted octanol–water partition coefficient (Wildman–Crippen LogP) is 3.99. The first-order valence-electron chi connectivity index (χ1n) is 10.7. The van der Waals surface area contributed by atoms with Crippen LogP contribution < -0.4 is 0 Å². The van der Waals surface area contributed by atoms with Crippen molar-refractivity contribution in [1.29, 1.82) is 0 Å². The summed E-state index contributed by atoms with van der Waals surface area (Å²) in [6.07, 6.45) is 14.6. The largest absolute Gasteiger partial charge is 0.345 e. The van der Waals surface area contributed by atoms with Crippen LogP contribution in [0.25, 0.3) is 0 Å². The van der Waals surface area contributed by atoms with E-state index in [4.69, 9.17) is 0 Å². The molecule has 2 atom stereocenters. The zero-order valence-corrected chi connectivity index (χ0v) is 16.0. The van der Waals surface area contributed by atoms with Crippen LogP contribution in [0.1, 0.15) is 83.5 Å². The summed E-state index contributed by atoms with van der Waals surface area (Å²) in [5, 5.41) is 0. The standard InChI is InChI=1S/C21H36N2O2/c1-22-14-7-2-3-8-15-23(19-13-9-12-18(19)21(22)25)20(24)16-17-10-5-4-6-11-17/h17-19H,2-16H2,1H3. The van der Waals surface area contributed by atoms with Gasteiger partial charge in [-0.05, 0) is 44.4 Å². The molecule has 2 aliphatic carbocycles. The molecule has 0 bridgehead atoms. The fourth-order valence-corrected chi connectivity index (χ4v) is 5.21. The second-order valence-electron chi connectivity index (χ2n) is 8.57. The zero-order valence-electron chi connectivity index (χ0n) is 16.0. The van der Waals surface area contributed by atoms with Gasteiger partial charge in [0.2, 0.25) is 11.8 Å². The van der Waals surface area contributed by atoms with Gasteiger partial charge >= 0.3 is 0 Å². The van der Waals surface area contributed by atoms with E-state index >= 15 is 0 Å². The van der Waals surface area contributed by atoms with Gasteiger partial charge in [-0.3, -0.25) is 9.59 Å². The summed E-state index contributed by atoms with van der Waals surface area (Å²) >= 11 is 0. The minimum atomic E-state index is 0.0402. The Hall–Kier alpha value is -1.06. The molecule has 4 heteroatoms. The summed E-state index contributed by atoms with van der Waals surface area (Å²) in [6.45, 7) is 1.74. The Morgan fingerprint density at radius 2 is 1.56 bits per heavy atom. The van der Waals surface area contributed by atoms with E-state index in [-0.39, 0.29) is 17.9 Å². The molecule has 3 aliphatic rings. The topological polar surface area (TPSA) is 40.6 Å². The first-order valence-corrected chi connectivity index (χ1v) is 10.7. The van der Waals surface area contributed by atoms with Gasteiger partial charge in [-0.2, -0.15) is 0 Å². The summed E-state index contributed by atoms with van der Waals surface area (Å²) in [6, 6.07) is 0.157. The zero-order chi connectivity index (χ0) is 17.6. The number of amides is 2. The van der Waals surface area contributed by atoms with E-state index in [2.05, 4.69) is 4.90 Å². The molecule has 25 heavy (non-hydrogen) atoms. The lowest BCUT2D eigenvalue weighted by atomic mass is 9.86. The molecule has 1 saturated heterocycles. The summed E-state index contributed by atoms with van der Waals surface area (Å²) in [7, 11) is 1.95. The van der Waals surface area contributed by atoms with Gasteiger partial charge in [0.25, 0.3) is 0 Å². The Morgan fingerprint density at radius 1 is 0.880 bits per heavy atom. The van der Waals surface area contributed by atoms with E-state index in [1.165, 1.54) is 38.5 Å². The van der Waals surface area contributed by atoms with E-state index < -0.39 is 0 Å². The summed E-state index contributed by atoms with van der Waals surface area (Å²) in [4.78, 5) is 30.1. The Kier molecular flexibility index (Phi) is 6.77. The molecular formula is C21H36N2O2. The number of fused-ring (bicyclic) bond motifs is 1. The van der Waals surface area contributed by atoms with Gasteiger partial charge < -0.3 is 9.80 Å². The van der Waals surface area contributed by atoms with Gasteiger partial charge in [-0.25, -0.2) is 0 Å². The third kappa shape index (κ3) is 4.77. The van der Waals surface area contributed by atoms with Gasteiger partial charge in [0.15, 0.2) is 0 Å². The molecule has 1 aliphatic heterocycles. The molecule has 3 rings (SSSR count). The maximum Gasteiger partial charge on any atom is 0.227 e. The smallest absolute Gasteiger partial charge is 0.227 e. The van der Waals surface area contributed by atoms with Gasteiger partial charge in [-0.1, -0.05) is 38.5 Å². The highest BCUT2D eigenvalue weighted by atomic mass is 16.2. The maximum absolute atomic E-state index is 13.1. The molecule has 1 heterocycles. The maximum atomic E-state index is 13.1. The van der Waals surface area contributed by atoms with Crippen molar-refractivity contribution < 1.29 is 9.59 Å². The van der Waals surface area contributed by atoms with Crippen LogP contribution in [-0.4, -0.2) is 47.8 Å². The lowest BCUT2D eigenvalue weighted by Crippen LogP contribution is -2.48. The normalized spacial score (nSPS) is 30.0. The highest BCUT2D eigenvalue weighted by molar-refractivity contribution is 5.82. The van der Waals surface area contributed by atoms with Gasteiger partial charge in [0.05, 0.1) is 5.92 Å². The fourth-order valence-electron chi connectivity index (χ4n) is 5.21. The van der Waals surface area contributed by atoms with Crippen LogP contribution in [0, 0.1) is 11.8 Å². The number of hydrogen-bond donors (Lipinski definition) is 0. The van der Waals surface area contributed by atoms with Crippen LogP contribution in [0.4, 0.5) is 0 Å². The molecule has 0 aromatic heterocycles. The average Bonchev–Trinajstić information content (AvgIpc) is 3.09. The van der Waals surface area contributed by atoms with Crippen LogP contribution in [-0.2, 0) is 9.59 Å². The van der Waals surface area contributed by atoms with Crippen molar-refractivity contribution >= 4 is 11.8 Å². The van der Waals surface area contributed by atoms with Crippen molar-refractivity contribution in [2.75, 3.05) is 20.1 Å². The van der Waals surface area contributed by atoms with Crippen LogP contribution in [0.15, 0.2) is 0 Å². The first kappa shape index (κ1) is 18.7. The van der Waals surface area contributed by atoms with Gasteiger partial charge in [0.1, 0.15) is 0 Å². The molecule has 0 radical (unpaired) electrons. The number of nitrogens with zero attached hydrogens (tertiary/aromatic N) is 2. The number of hydrogen-bond acceptors (Lipinski definition) is 2. The molecule has 142 valence electrons. The summed E-state index contributed by atoms with van der Waals surface area (Å²) in [5.74, 6) is 1.23. The summed E-state index contributed by atoms with van der Waals surface area (Å²) < 4.78 is 0. The average molecular weight is 349 g/mol. The Morgan fingerprint density at radius 3 is 2.32 bits per heavy atom. The van der Waals surface area contributed by atoms with E-state index in [9.17, 15) is 9.59 Å². The second-order valence-corrected chi connectivity index (χ2v) is 8.57. The lowest BCUT2D eigenvalue weighted by molar-refractivity contribution is -0.141. The number of carbonyl (C=O) groups is 2. The van der Waals surface area contributed by atoms with Crippen LogP contribution >= 0.6 is 0 Å². The molecule has 0 aromatic carbocycles. The molecule has 0 N–H and O–H groups in total. The van der Waals surface area contributed by atoms with Crippen LogP contribution in [0.5, 0.6) is 0 Å². The number of carbonyl (C=O) groups excluding carboxylic acids is 2. The van der Waals surface area contributed by atoms with Crippen molar-refractivity contribution in [1.82, 2.24) is 9.80 Å². The lowest BCUT2D eigenvalue weighted by Gasteiger charge is -2.35. The second kappa shape index (κ2) is 9.05. The summed E-state index contributed by atoms with van der Waals surface area (Å²) in [5.41, 5.74) is 0. The monoisotopic (exact) mass is 348 g/mol. The van der Waals surface area contributed by atoms with Crippen molar-refractivity contribution in [2.24, 2.45) is 11.8 Å². The van der Waals surface area contributed by atoms with E-state index in [0.717, 1.165) is 51.6 Å². The first-order chi connectivity index (χ1) is 12.2. The fraction of sp³-hybridized carbons (Fsp3) is 0.905. The van der Waals surface area contributed by atoms with E-state index in [1.807, 2.05) is 11.9 Å². The predicted molar refractivity (Wildman–Crippen MR) is 100 cm³/mol. The van der Waals surface area contributed by atoms with Crippen molar-refractivity contribution in [3.05, 3.63) is 0 Å². The SMILES string of the molecule is CN1CCCCCCN(C(=O)CC2CCCCC2)C2CCCC2C1=O. The van der Waals surface area contributed by atoms with E-state index in [0.29, 0.717) is 18.2 Å². The Bertz CT molecular complexity index is 459. The molecule has 0 aromatic rings.